The second kappa shape index (κ2) is 11.0. The van der Waals surface area contributed by atoms with Gasteiger partial charge in [0, 0.05) is 23.2 Å². The fourth-order valence-electron chi connectivity index (χ4n) is 1.62. The predicted molar refractivity (Wildman–Crippen MR) is 103 cm³/mol. The maximum absolute atomic E-state index is 5.79. The van der Waals surface area contributed by atoms with E-state index in [2.05, 4.69) is 23.3 Å². The lowest BCUT2D eigenvalue weighted by Crippen LogP contribution is -2.37. The van der Waals surface area contributed by atoms with Gasteiger partial charge in [-0.1, -0.05) is 19.1 Å². The third kappa shape index (κ3) is 8.40. The number of guanidine groups is 1. The van der Waals surface area contributed by atoms with Gasteiger partial charge in [-0.25, -0.2) is 0 Å². The number of hydrogen-bond acceptors (Lipinski definition) is 3. The molecule has 120 valence electrons. The summed E-state index contributed by atoms with van der Waals surface area (Å²) < 4.78 is 5.34. The minimum atomic E-state index is 0. The molecule has 0 saturated heterocycles. The van der Waals surface area contributed by atoms with Crippen LogP contribution < -0.4 is 15.8 Å². The van der Waals surface area contributed by atoms with Crippen molar-refractivity contribution in [2.24, 2.45) is 16.6 Å². The fraction of sp³-hybridized carbons (Fsp3) is 0.533. The van der Waals surface area contributed by atoms with Crippen molar-refractivity contribution in [3.05, 3.63) is 24.3 Å². The van der Waals surface area contributed by atoms with Crippen LogP contribution in [0.4, 0.5) is 0 Å². The van der Waals surface area contributed by atoms with Crippen molar-refractivity contribution < 1.29 is 4.74 Å². The van der Waals surface area contributed by atoms with Crippen molar-refractivity contribution in [3.8, 4) is 5.75 Å². The molecule has 0 bridgehead atoms. The molecule has 1 aromatic carbocycles. The Kier molecular flexibility index (Phi) is 10.7. The summed E-state index contributed by atoms with van der Waals surface area (Å²) in [5.74, 6) is 2.89. The van der Waals surface area contributed by atoms with E-state index in [1.807, 2.05) is 32.0 Å². The topological polar surface area (TPSA) is 59.6 Å². The molecule has 0 aliphatic carbocycles. The molecule has 1 rings (SSSR count). The first kappa shape index (κ1) is 20.4. The van der Waals surface area contributed by atoms with Gasteiger partial charge in [-0.2, -0.15) is 0 Å². The molecule has 6 heteroatoms. The zero-order valence-electron chi connectivity index (χ0n) is 13.1. The number of methoxy groups -OCH3 is 1. The Morgan fingerprint density at radius 2 is 2.00 bits per heavy atom. The Labute approximate surface area is 149 Å². The van der Waals surface area contributed by atoms with Crippen LogP contribution in [0.1, 0.15) is 20.8 Å². The number of nitrogens with two attached hydrogens (primary N) is 1. The molecule has 0 aromatic heterocycles. The van der Waals surface area contributed by atoms with Crippen LogP contribution >= 0.6 is 35.7 Å². The zero-order valence-corrected chi connectivity index (χ0v) is 16.3. The first-order valence-corrected chi connectivity index (χ1v) is 7.83. The first-order chi connectivity index (χ1) is 9.52. The van der Waals surface area contributed by atoms with Crippen molar-refractivity contribution in [2.75, 3.05) is 19.4 Å². The number of nitrogens with one attached hydrogen (secondary N) is 1. The van der Waals surface area contributed by atoms with Gasteiger partial charge in [-0.3, -0.25) is 4.99 Å². The lowest BCUT2D eigenvalue weighted by atomic mass is 10.2. The van der Waals surface area contributed by atoms with E-state index in [1.54, 1.807) is 18.9 Å². The van der Waals surface area contributed by atoms with Crippen molar-refractivity contribution in [3.63, 3.8) is 0 Å². The Hall–Kier alpha value is -0.630. The third-order valence-electron chi connectivity index (χ3n) is 2.60. The minimum Gasteiger partial charge on any atom is -0.496 e. The molecule has 0 amide bonds. The molecular formula is C15H26IN3OS. The van der Waals surface area contributed by atoms with Crippen molar-refractivity contribution in [2.45, 2.75) is 31.7 Å². The summed E-state index contributed by atoms with van der Waals surface area (Å²) in [6.07, 6.45) is 0. The van der Waals surface area contributed by atoms with Crippen molar-refractivity contribution in [1.29, 1.82) is 0 Å². The number of halogens is 1. The van der Waals surface area contributed by atoms with E-state index in [9.17, 15) is 0 Å². The number of hydrogen-bond donors (Lipinski definition) is 2. The van der Waals surface area contributed by atoms with Crippen LogP contribution in [0, 0.1) is 5.92 Å². The van der Waals surface area contributed by atoms with E-state index in [0.717, 1.165) is 18.0 Å². The lowest BCUT2D eigenvalue weighted by molar-refractivity contribution is 0.405. The van der Waals surface area contributed by atoms with Crippen LogP contribution in [-0.4, -0.2) is 31.4 Å². The lowest BCUT2D eigenvalue weighted by Gasteiger charge is -2.12. The van der Waals surface area contributed by atoms with Crippen LogP contribution in [0.3, 0.4) is 0 Å². The molecule has 0 saturated carbocycles. The molecule has 21 heavy (non-hydrogen) atoms. The maximum Gasteiger partial charge on any atom is 0.188 e. The average Bonchev–Trinajstić information content (AvgIpc) is 2.42. The van der Waals surface area contributed by atoms with Crippen molar-refractivity contribution >= 4 is 41.7 Å². The number of ether oxygens (including phenoxy) is 1. The van der Waals surface area contributed by atoms with E-state index >= 15 is 0 Å². The summed E-state index contributed by atoms with van der Waals surface area (Å²) in [5, 5.41) is 3.09. The van der Waals surface area contributed by atoms with E-state index in [1.165, 1.54) is 4.90 Å². The predicted octanol–water partition coefficient (Wildman–Crippen LogP) is 3.35. The molecular weight excluding hydrogens is 397 g/mol. The van der Waals surface area contributed by atoms with Crippen LogP contribution in [0.25, 0.3) is 0 Å². The zero-order chi connectivity index (χ0) is 15.0. The molecule has 0 spiro atoms. The molecule has 0 aliphatic rings. The Morgan fingerprint density at radius 3 is 2.62 bits per heavy atom. The summed E-state index contributed by atoms with van der Waals surface area (Å²) in [7, 11) is 1.70. The highest BCUT2D eigenvalue weighted by atomic mass is 127. The molecule has 3 N–H and O–H groups in total. The van der Waals surface area contributed by atoms with Gasteiger partial charge in [-0.05, 0) is 31.9 Å². The number of thioether (sulfide) groups is 1. The maximum atomic E-state index is 5.79. The highest BCUT2D eigenvalue weighted by Crippen LogP contribution is 2.29. The largest absolute Gasteiger partial charge is 0.496 e. The second-order valence-corrected chi connectivity index (χ2v) is 6.15. The van der Waals surface area contributed by atoms with E-state index in [4.69, 9.17) is 10.5 Å². The number of rotatable bonds is 7. The number of aliphatic imine (C=N–C) groups is 1. The number of benzene rings is 1. The monoisotopic (exact) mass is 423 g/mol. The Balaban J connectivity index is 0.00000400. The van der Waals surface area contributed by atoms with Gasteiger partial charge in [0.15, 0.2) is 5.96 Å². The van der Waals surface area contributed by atoms with Gasteiger partial charge in [0.05, 0.1) is 7.11 Å². The summed E-state index contributed by atoms with van der Waals surface area (Å²) in [6, 6.07) is 8.38. The minimum absolute atomic E-state index is 0. The first-order valence-electron chi connectivity index (χ1n) is 6.85. The average molecular weight is 423 g/mol. The molecule has 1 aromatic rings. The van der Waals surface area contributed by atoms with Gasteiger partial charge < -0.3 is 15.8 Å². The highest BCUT2D eigenvalue weighted by Gasteiger charge is 2.06. The summed E-state index contributed by atoms with van der Waals surface area (Å²) in [5.41, 5.74) is 5.79. The van der Waals surface area contributed by atoms with Gasteiger partial charge in [0.25, 0.3) is 0 Å². The SMILES string of the molecule is COc1ccccc1SCC(C)CN=C(N)NC(C)C.I. The van der Waals surface area contributed by atoms with E-state index in [0.29, 0.717) is 17.9 Å². The Bertz CT molecular complexity index is 441. The fourth-order valence-corrected chi connectivity index (χ4v) is 2.66. The van der Waals surface area contributed by atoms with Crippen LogP contribution in [-0.2, 0) is 0 Å². The molecule has 0 radical (unpaired) electrons. The standard InChI is InChI=1S/C15H25N3OS.HI/c1-11(2)18-15(16)17-9-12(3)10-20-14-8-6-5-7-13(14)19-4;/h5-8,11-12H,9-10H2,1-4H3,(H3,16,17,18);1H. The second-order valence-electron chi connectivity index (χ2n) is 5.09. The highest BCUT2D eigenvalue weighted by molar-refractivity contribution is 14.0. The quantitative estimate of drug-likeness (QED) is 0.306. The summed E-state index contributed by atoms with van der Waals surface area (Å²) >= 11 is 1.79. The summed E-state index contributed by atoms with van der Waals surface area (Å²) in [6.45, 7) is 6.99. The van der Waals surface area contributed by atoms with E-state index < -0.39 is 0 Å². The summed E-state index contributed by atoms with van der Waals surface area (Å²) in [4.78, 5) is 5.52. The molecule has 0 fully saturated rings. The number of nitrogens with zero attached hydrogens (tertiary/aromatic N) is 1. The molecule has 4 nitrogen and oxygen atoms in total. The smallest absolute Gasteiger partial charge is 0.188 e. The van der Waals surface area contributed by atoms with Crippen LogP contribution in [0.5, 0.6) is 5.75 Å². The van der Waals surface area contributed by atoms with Crippen LogP contribution in [0.15, 0.2) is 34.2 Å². The molecule has 0 heterocycles. The third-order valence-corrected chi connectivity index (χ3v) is 3.99. The van der Waals surface area contributed by atoms with Crippen LogP contribution in [0.2, 0.25) is 0 Å². The van der Waals surface area contributed by atoms with Gasteiger partial charge >= 0.3 is 0 Å². The molecule has 1 unspecified atom stereocenters. The number of para-hydroxylation sites is 1. The van der Waals surface area contributed by atoms with Crippen molar-refractivity contribution in [1.82, 2.24) is 5.32 Å². The normalized spacial score (nSPS) is 12.7. The van der Waals surface area contributed by atoms with Gasteiger partial charge in [0.1, 0.15) is 5.75 Å². The van der Waals surface area contributed by atoms with E-state index in [-0.39, 0.29) is 24.0 Å². The van der Waals surface area contributed by atoms with Gasteiger partial charge in [-0.15, -0.1) is 35.7 Å². The van der Waals surface area contributed by atoms with Gasteiger partial charge in [0.2, 0.25) is 0 Å². The molecule has 1 atom stereocenters. The Morgan fingerprint density at radius 1 is 1.33 bits per heavy atom. The molecule has 0 aliphatic heterocycles.